The summed E-state index contributed by atoms with van der Waals surface area (Å²) in [5, 5.41) is 3.07. The van der Waals surface area contributed by atoms with E-state index >= 15 is 0 Å². The Balaban J connectivity index is 1.58. The van der Waals surface area contributed by atoms with Gasteiger partial charge in [-0.15, -0.1) is 0 Å². The Bertz CT molecular complexity index is 497. The van der Waals surface area contributed by atoms with Crippen LogP contribution >= 0.6 is 11.8 Å². The molecule has 1 aromatic heterocycles. The fourth-order valence-electron chi connectivity index (χ4n) is 3.14. The molecule has 120 valence electrons. The van der Waals surface area contributed by atoms with E-state index in [2.05, 4.69) is 10.3 Å². The smallest absolute Gasteiger partial charge is 0.256 e. The number of amides is 1. The van der Waals surface area contributed by atoms with Gasteiger partial charge >= 0.3 is 0 Å². The molecule has 1 aliphatic carbocycles. The van der Waals surface area contributed by atoms with Crippen LogP contribution in [0.5, 0.6) is 5.88 Å². The van der Waals surface area contributed by atoms with Crippen molar-refractivity contribution in [2.24, 2.45) is 5.92 Å². The molecular formula is C17H24N2O2S. The van der Waals surface area contributed by atoms with Gasteiger partial charge in [-0.05, 0) is 43.1 Å². The van der Waals surface area contributed by atoms with Gasteiger partial charge in [0.1, 0.15) is 11.7 Å². The average molecular weight is 320 g/mol. The summed E-state index contributed by atoms with van der Waals surface area (Å²) in [6.45, 7) is 0.770. The van der Waals surface area contributed by atoms with E-state index in [0.29, 0.717) is 17.4 Å². The number of rotatable bonds is 5. The SMILES string of the molecule is O=C(NCC1CCCCC1)c1cccnc1OC1CCSC1. The number of aromatic nitrogens is 1. The summed E-state index contributed by atoms with van der Waals surface area (Å²) in [6, 6.07) is 3.60. The van der Waals surface area contributed by atoms with Gasteiger partial charge in [0.2, 0.25) is 5.88 Å². The highest BCUT2D eigenvalue weighted by molar-refractivity contribution is 7.99. The number of nitrogens with zero attached hydrogens (tertiary/aromatic N) is 1. The van der Waals surface area contributed by atoms with Gasteiger partial charge in [-0.25, -0.2) is 4.98 Å². The van der Waals surface area contributed by atoms with Crippen molar-refractivity contribution in [1.29, 1.82) is 0 Å². The van der Waals surface area contributed by atoms with Gasteiger partial charge in [0.05, 0.1) is 0 Å². The van der Waals surface area contributed by atoms with Crippen molar-refractivity contribution in [1.82, 2.24) is 10.3 Å². The Morgan fingerprint density at radius 1 is 1.32 bits per heavy atom. The third kappa shape index (κ3) is 4.15. The molecule has 2 aliphatic rings. The Hall–Kier alpha value is -1.23. The van der Waals surface area contributed by atoms with Crippen molar-refractivity contribution in [3.8, 4) is 5.88 Å². The summed E-state index contributed by atoms with van der Waals surface area (Å²) in [5.74, 6) is 3.17. The highest BCUT2D eigenvalue weighted by atomic mass is 32.2. The van der Waals surface area contributed by atoms with Crippen LogP contribution in [0.3, 0.4) is 0 Å². The van der Waals surface area contributed by atoms with Crippen LogP contribution in [-0.4, -0.2) is 35.0 Å². The van der Waals surface area contributed by atoms with E-state index in [4.69, 9.17) is 4.74 Å². The van der Waals surface area contributed by atoms with Crippen molar-refractivity contribution < 1.29 is 9.53 Å². The number of hydrogen-bond donors (Lipinski definition) is 1. The van der Waals surface area contributed by atoms with Crippen LogP contribution < -0.4 is 10.1 Å². The van der Waals surface area contributed by atoms with Crippen LogP contribution in [0.4, 0.5) is 0 Å². The highest BCUT2D eigenvalue weighted by Crippen LogP contribution is 2.25. The van der Waals surface area contributed by atoms with Gasteiger partial charge < -0.3 is 10.1 Å². The zero-order valence-electron chi connectivity index (χ0n) is 12.9. The summed E-state index contributed by atoms with van der Waals surface area (Å²) in [6.07, 6.45) is 9.29. The molecule has 1 amide bonds. The van der Waals surface area contributed by atoms with Crippen molar-refractivity contribution in [2.45, 2.75) is 44.6 Å². The molecule has 22 heavy (non-hydrogen) atoms. The highest BCUT2D eigenvalue weighted by Gasteiger charge is 2.22. The van der Waals surface area contributed by atoms with Crippen molar-refractivity contribution in [3.63, 3.8) is 0 Å². The molecule has 1 saturated carbocycles. The Morgan fingerprint density at radius 3 is 2.95 bits per heavy atom. The number of carbonyl (C=O) groups excluding carboxylic acids is 1. The van der Waals surface area contributed by atoms with Crippen LogP contribution in [0.1, 0.15) is 48.9 Å². The zero-order valence-corrected chi connectivity index (χ0v) is 13.7. The van der Waals surface area contributed by atoms with Gasteiger partial charge in [0.25, 0.3) is 5.91 Å². The molecule has 1 aliphatic heterocycles. The summed E-state index contributed by atoms with van der Waals surface area (Å²) in [4.78, 5) is 16.7. The fourth-order valence-corrected chi connectivity index (χ4v) is 4.24. The maximum atomic E-state index is 12.4. The number of nitrogens with one attached hydrogen (secondary N) is 1. The van der Waals surface area contributed by atoms with Crippen LogP contribution in [0.2, 0.25) is 0 Å². The van der Waals surface area contributed by atoms with Gasteiger partial charge in [-0.1, -0.05) is 19.3 Å². The molecule has 2 heterocycles. The lowest BCUT2D eigenvalue weighted by molar-refractivity contribution is 0.0936. The molecular weight excluding hydrogens is 296 g/mol. The third-order valence-electron chi connectivity index (χ3n) is 4.46. The summed E-state index contributed by atoms with van der Waals surface area (Å²) in [7, 11) is 0. The molecule has 1 atom stereocenters. The molecule has 1 aromatic rings. The second-order valence-corrected chi connectivity index (χ2v) is 7.32. The van der Waals surface area contributed by atoms with E-state index in [-0.39, 0.29) is 12.0 Å². The monoisotopic (exact) mass is 320 g/mol. The Morgan fingerprint density at radius 2 is 2.18 bits per heavy atom. The Kier molecular flexibility index (Phi) is 5.59. The molecule has 0 aromatic carbocycles. The lowest BCUT2D eigenvalue weighted by Gasteiger charge is -2.22. The summed E-state index contributed by atoms with van der Waals surface area (Å²) >= 11 is 1.89. The number of thioether (sulfide) groups is 1. The zero-order chi connectivity index (χ0) is 15.2. The molecule has 0 bridgehead atoms. The molecule has 1 saturated heterocycles. The maximum Gasteiger partial charge on any atom is 0.256 e. The maximum absolute atomic E-state index is 12.4. The van der Waals surface area contributed by atoms with E-state index in [1.807, 2.05) is 11.8 Å². The van der Waals surface area contributed by atoms with Crippen LogP contribution in [0.25, 0.3) is 0 Å². The van der Waals surface area contributed by atoms with E-state index in [1.165, 1.54) is 32.1 Å². The third-order valence-corrected chi connectivity index (χ3v) is 5.59. The predicted octanol–water partition coefficient (Wildman–Crippen LogP) is 3.28. The summed E-state index contributed by atoms with van der Waals surface area (Å²) < 4.78 is 5.93. The van der Waals surface area contributed by atoms with Gasteiger partial charge in [0.15, 0.2) is 0 Å². The first-order valence-corrected chi connectivity index (χ1v) is 9.46. The van der Waals surface area contributed by atoms with Gasteiger partial charge in [-0.2, -0.15) is 11.8 Å². The molecule has 2 fully saturated rings. The first kappa shape index (κ1) is 15.7. The molecule has 5 heteroatoms. The van der Waals surface area contributed by atoms with Crippen molar-refractivity contribution in [3.05, 3.63) is 23.9 Å². The number of hydrogen-bond acceptors (Lipinski definition) is 4. The van der Waals surface area contributed by atoms with Gasteiger partial charge in [0, 0.05) is 18.5 Å². The average Bonchev–Trinajstić information content (AvgIpc) is 3.07. The number of pyridine rings is 1. The predicted molar refractivity (Wildman–Crippen MR) is 89.5 cm³/mol. The largest absolute Gasteiger partial charge is 0.473 e. The second-order valence-electron chi connectivity index (χ2n) is 6.17. The van der Waals surface area contributed by atoms with E-state index < -0.39 is 0 Å². The summed E-state index contributed by atoms with van der Waals surface area (Å²) in [5.41, 5.74) is 0.565. The molecule has 0 radical (unpaired) electrons. The minimum Gasteiger partial charge on any atom is -0.473 e. The van der Waals surface area contributed by atoms with Crippen LogP contribution in [0.15, 0.2) is 18.3 Å². The lowest BCUT2D eigenvalue weighted by Crippen LogP contribution is -2.31. The van der Waals surface area contributed by atoms with E-state index in [1.54, 1.807) is 18.3 Å². The van der Waals surface area contributed by atoms with Crippen LogP contribution in [-0.2, 0) is 0 Å². The normalized spacial score (nSPS) is 22.5. The standard InChI is InChI=1S/C17H24N2O2S/c20-16(19-11-13-5-2-1-3-6-13)15-7-4-9-18-17(15)21-14-8-10-22-12-14/h4,7,9,13-14H,1-3,5-6,8,10-12H2,(H,19,20). The molecule has 3 rings (SSSR count). The quantitative estimate of drug-likeness (QED) is 0.904. The Labute approximate surface area is 136 Å². The van der Waals surface area contributed by atoms with Crippen molar-refractivity contribution in [2.75, 3.05) is 18.1 Å². The molecule has 4 nitrogen and oxygen atoms in total. The van der Waals surface area contributed by atoms with Crippen molar-refractivity contribution >= 4 is 17.7 Å². The topological polar surface area (TPSA) is 51.2 Å². The molecule has 0 spiro atoms. The molecule has 1 N–H and O–H groups in total. The fraction of sp³-hybridized carbons (Fsp3) is 0.647. The lowest BCUT2D eigenvalue weighted by atomic mass is 9.89. The number of carbonyl (C=O) groups is 1. The molecule has 1 unspecified atom stereocenters. The van der Waals surface area contributed by atoms with E-state index in [9.17, 15) is 4.79 Å². The van der Waals surface area contributed by atoms with E-state index in [0.717, 1.165) is 24.5 Å². The number of ether oxygens (including phenoxy) is 1. The first-order valence-electron chi connectivity index (χ1n) is 8.30. The van der Waals surface area contributed by atoms with Gasteiger partial charge in [-0.3, -0.25) is 4.79 Å². The first-order chi connectivity index (χ1) is 10.8. The minimum absolute atomic E-state index is 0.0562. The van der Waals surface area contributed by atoms with Crippen LogP contribution in [0, 0.1) is 5.92 Å². The minimum atomic E-state index is -0.0562. The second kappa shape index (κ2) is 7.86.